The summed E-state index contributed by atoms with van der Waals surface area (Å²) in [5, 5.41) is 0. The Balaban J connectivity index is 2.04. The summed E-state index contributed by atoms with van der Waals surface area (Å²) in [5.74, 6) is 0. The van der Waals surface area contributed by atoms with Crippen molar-refractivity contribution in [2.75, 3.05) is 0 Å². The van der Waals surface area contributed by atoms with Crippen LogP contribution in [0.1, 0.15) is 32.6 Å². The van der Waals surface area contributed by atoms with Crippen LogP contribution >= 0.6 is 22.9 Å². The molecule has 0 N–H and O–H groups in total. The zero-order valence-corrected chi connectivity index (χ0v) is 11.6. The third-order valence-corrected chi connectivity index (χ3v) is 4.55. The average molecular weight is 259 g/mol. The molecule has 1 fully saturated rings. The first-order valence-corrected chi connectivity index (χ1v) is 6.59. The van der Waals surface area contributed by atoms with Crippen molar-refractivity contribution >= 4 is 30.1 Å². The van der Waals surface area contributed by atoms with Gasteiger partial charge >= 0.3 is 7.12 Å². The highest BCUT2D eigenvalue weighted by Gasteiger charge is 2.50. The van der Waals surface area contributed by atoms with E-state index in [9.17, 15) is 0 Å². The highest BCUT2D eigenvalue weighted by Crippen LogP contribution is 2.38. The fourth-order valence-corrected chi connectivity index (χ4v) is 2.78. The van der Waals surface area contributed by atoms with Crippen molar-refractivity contribution in [3.05, 3.63) is 21.3 Å². The minimum Gasteiger partial charge on any atom is -0.403 e. The number of halogens is 1. The van der Waals surface area contributed by atoms with Gasteiger partial charge in [0, 0.05) is 11.2 Å². The first-order chi connectivity index (χ1) is 7.30. The van der Waals surface area contributed by atoms with E-state index < -0.39 is 0 Å². The molecule has 0 amide bonds. The van der Waals surface area contributed by atoms with Crippen LogP contribution in [0.4, 0.5) is 0 Å². The van der Waals surface area contributed by atoms with Gasteiger partial charge in [-0.15, -0.1) is 11.3 Å². The van der Waals surface area contributed by atoms with E-state index in [-0.39, 0.29) is 18.3 Å². The third kappa shape index (κ3) is 2.30. The minimum atomic E-state index is -0.251. The van der Waals surface area contributed by atoms with Crippen molar-refractivity contribution < 1.29 is 9.31 Å². The monoisotopic (exact) mass is 258 g/mol. The summed E-state index contributed by atoms with van der Waals surface area (Å²) < 4.78 is 12.6. The highest BCUT2D eigenvalue weighted by molar-refractivity contribution is 7.16. The van der Waals surface area contributed by atoms with Crippen molar-refractivity contribution in [2.24, 2.45) is 0 Å². The maximum atomic E-state index is 5.92. The van der Waals surface area contributed by atoms with Crippen LogP contribution in [0, 0.1) is 0 Å². The first-order valence-electron chi connectivity index (χ1n) is 5.40. The molecule has 1 aliphatic rings. The van der Waals surface area contributed by atoms with Crippen molar-refractivity contribution in [2.45, 2.75) is 45.2 Å². The van der Waals surface area contributed by atoms with E-state index in [0.717, 1.165) is 10.7 Å². The molecule has 0 bridgehead atoms. The first kappa shape index (κ1) is 12.4. The average Bonchev–Trinajstić information content (AvgIpc) is 2.56. The van der Waals surface area contributed by atoms with Gasteiger partial charge < -0.3 is 9.31 Å². The van der Waals surface area contributed by atoms with Gasteiger partial charge in [0.15, 0.2) is 0 Å². The Morgan fingerprint density at radius 3 is 2.19 bits per heavy atom. The smallest absolute Gasteiger partial charge is 0.403 e. The van der Waals surface area contributed by atoms with Gasteiger partial charge in [-0.05, 0) is 39.8 Å². The van der Waals surface area contributed by atoms with Crippen LogP contribution in [0.15, 0.2) is 12.1 Å². The zero-order valence-electron chi connectivity index (χ0n) is 10.0. The highest BCUT2D eigenvalue weighted by atomic mass is 35.5. The van der Waals surface area contributed by atoms with E-state index in [1.54, 1.807) is 11.3 Å². The van der Waals surface area contributed by atoms with Crippen LogP contribution in [-0.2, 0) is 15.6 Å². The Morgan fingerprint density at radius 2 is 1.75 bits per heavy atom. The van der Waals surface area contributed by atoms with Crippen molar-refractivity contribution in [3.8, 4) is 0 Å². The molecule has 0 radical (unpaired) electrons. The van der Waals surface area contributed by atoms with Gasteiger partial charge in [0.25, 0.3) is 0 Å². The summed E-state index contributed by atoms with van der Waals surface area (Å²) in [6.07, 6.45) is 0.768. The lowest BCUT2D eigenvalue weighted by molar-refractivity contribution is 0.00578. The van der Waals surface area contributed by atoms with Gasteiger partial charge in [0.05, 0.1) is 15.5 Å². The summed E-state index contributed by atoms with van der Waals surface area (Å²) in [4.78, 5) is 1.20. The molecule has 0 spiro atoms. The molecule has 0 aromatic carbocycles. The maximum absolute atomic E-state index is 5.92. The topological polar surface area (TPSA) is 18.5 Å². The predicted octanol–water partition coefficient (Wildman–Crippen LogP) is 3.58. The van der Waals surface area contributed by atoms with E-state index in [2.05, 4.69) is 27.7 Å². The van der Waals surface area contributed by atoms with Gasteiger partial charge in [-0.1, -0.05) is 11.6 Å². The van der Waals surface area contributed by atoms with Crippen LogP contribution in [0.3, 0.4) is 0 Å². The van der Waals surface area contributed by atoms with Crippen LogP contribution < -0.4 is 0 Å². The molecular weight excluding hydrogens is 242 g/mol. The largest absolute Gasteiger partial charge is 0.463 e. The second-order valence-electron chi connectivity index (χ2n) is 5.10. The molecular formula is C11H16BClO2S. The second-order valence-corrected chi connectivity index (χ2v) is 6.90. The lowest BCUT2D eigenvalue weighted by atomic mass is 9.84. The fourth-order valence-electron chi connectivity index (χ4n) is 1.67. The predicted molar refractivity (Wildman–Crippen MR) is 69.1 cm³/mol. The van der Waals surface area contributed by atoms with Crippen molar-refractivity contribution in [1.29, 1.82) is 0 Å². The van der Waals surface area contributed by atoms with Gasteiger partial charge in [0.1, 0.15) is 0 Å². The normalized spacial score (nSPS) is 22.7. The Hall–Kier alpha value is -0.0251. The van der Waals surface area contributed by atoms with Crippen LogP contribution in [0.25, 0.3) is 0 Å². The van der Waals surface area contributed by atoms with Gasteiger partial charge in [-0.25, -0.2) is 0 Å². The van der Waals surface area contributed by atoms with E-state index in [1.807, 2.05) is 12.1 Å². The summed E-state index contributed by atoms with van der Waals surface area (Å²) in [6.45, 7) is 8.26. The quantitative estimate of drug-likeness (QED) is 0.755. The molecule has 5 heteroatoms. The number of hydrogen-bond donors (Lipinski definition) is 0. The van der Waals surface area contributed by atoms with Crippen molar-refractivity contribution in [1.82, 2.24) is 0 Å². The molecule has 0 atom stereocenters. The standard InChI is InChI=1S/C11H16BClO2S/c1-10(2)11(3,4)15-12(14-10)7-8-5-6-9(13)16-8/h5-6H,7H2,1-4H3. The summed E-state index contributed by atoms with van der Waals surface area (Å²) in [6, 6.07) is 3.94. The molecule has 0 saturated carbocycles. The SMILES string of the molecule is CC1(C)OB(Cc2ccc(Cl)s2)OC1(C)C. The minimum absolute atomic E-state index is 0.167. The summed E-state index contributed by atoms with van der Waals surface area (Å²) in [7, 11) is -0.167. The third-order valence-electron chi connectivity index (χ3n) is 3.30. The molecule has 0 unspecified atom stereocenters. The van der Waals surface area contributed by atoms with Gasteiger partial charge in [-0.3, -0.25) is 0 Å². The molecule has 1 saturated heterocycles. The van der Waals surface area contributed by atoms with E-state index in [4.69, 9.17) is 20.9 Å². The van der Waals surface area contributed by atoms with Crippen LogP contribution in [0.2, 0.25) is 4.34 Å². The molecule has 2 heterocycles. The van der Waals surface area contributed by atoms with Crippen LogP contribution in [-0.4, -0.2) is 18.3 Å². The van der Waals surface area contributed by atoms with Crippen LogP contribution in [0.5, 0.6) is 0 Å². The molecule has 1 aliphatic heterocycles. The number of hydrogen-bond acceptors (Lipinski definition) is 3. The van der Waals surface area contributed by atoms with Gasteiger partial charge in [0.2, 0.25) is 0 Å². The second kappa shape index (κ2) is 4.02. The molecule has 2 nitrogen and oxygen atoms in total. The fraction of sp³-hybridized carbons (Fsp3) is 0.636. The van der Waals surface area contributed by atoms with E-state index in [1.165, 1.54) is 4.88 Å². The maximum Gasteiger partial charge on any atom is 0.463 e. The summed E-state index contributed by atoms with van der Waals surface area (Å²) in [5.41, 5.74) is -0.503. The van der Waals surface area contributed by atoms with E-state index >= 15 is 0 Å². The Kier molecular flexibility index (Phi) is 3.12. The van der Waals surface area contributed by atoms with Gasteiger partial charge in [-0.2, -0.15) is 0 Å². The molecule has 16 heavy (non-hydrogen) atoms. The molecule has 2 rings (SSSR count). The number of rotatable bonds is 2. The molecule has 0 aliphatic carbocycles. The molecule has 1 aromatic rings. The zero-order chi connectivity index (χ0) is 12.0. The number of thiophene rings is 1. The Morgan fingerprint density at radius 1 is 1.19 bits per heavy atom. The lowest BCUT2D eigenvalue weighted by Gasteiger charge is -2.32. The molecule has 88 valence electrons. The molecule has 1 aromatic heterocycles. The van der Waals surface area contributed by atoms with Crippen molar-refractivity contribution in [3.63, 3.8) is 0 Å². The Bertz CT molecular complexity index is 373. The van der Waals surface area contributed by atoms with E-state index in [0.29, 0.717) is 0 Å². The summed E-state index contributed by atoms with van der Waals surface area (Å²) >= 11 is 7.48. The Labute approximate surface area is 106 Å². The lowest BCUT2D eigenvalue weighted by Crippen LogP contribution is -2.41.